The minimum atomic E-state index is -0.537. The second kappa shape index (κ2) is 4.75. The van der Waals surface area contributed by atoms with Gasteiger partial charge in [-0.05, 0) is 20.8 Å². The Morgan fingerprint density at radius 1 is 1.43 bits per heavy atom. The Bertz CT molecular complexity index is 194. The minimum absolute atomic E-state index is 0.195. The number of carbonyl (C=O) groups is 1. The summed E-state index contributed by atoms with van der Waals surface area (Å²) in [5, 5.41) is 0. The third-order valence-electron chi connectivity index (χ3n) is 2.20. The van der Waals surface area contributed by atoms with E-state index in [2.05, 4.69) is 0 Å². The second-order valence-corrected chi connectivity index (χ2v) is 3.98. The molecule has 1 rings (SSSR count). The highest BCUT2D eigenvalue weighted by molar-refractivity contribution is 5.75. The maximum Gasteiger partial charge on any atom is 0.311 e. The highest BCUT2D eigenvalue weighted by Crippen LogP contribution is 2.27. The van der Waals surface area contributed by atoms with Crippen molar-refractivity contribution >= 4 is 5.97 Å². The number of hydrogen-bond acceptors (Lipinski definition) is 4. The Labute approximate surface area is 84.5 Å². The van der Waals surface area contributed by atoms with Crippen LogP contribution in [0.15, 0.2) is 0 Å². The normalized spacial score (nSPS) is 18.5. The van der Waals surface area contributed by atoms with Crippen LogP contribution in [0.3, 0.4) is 0 Å². The molecule has 0 unspecified atom stereocenters. The average Bonchev–Trinajstić information content (AvgIpc) is 2.56. The van der Waals surface area contributed by atoms with Crippen molar-refractivity contribution in [2.75, 3.05) is 19.8 Å². The predicted molar refractivity (Wildman–Crippen MR) is 50.7 cm³/mol. The Hall–Kier alpha value is -0.610. The number of ether oxygens (including phenoxy) is 3. The van der Waals surface area contributed by atoms with Gasteiger partial charge in [0, 0.05) is 6.42 Å². The van der Waals surface area contributed by atoms with Gasteiger partial charge in [0.05, 0.1) is 25.2 Å². The van der Waals surface area contributed by atoms with Crippen LogP contribution in [0.5, 0.6) is 0 Å². The topological polar surface area (TPSA) is 44.8 Å². The highest BCUT2D eigenvalue weighted by atomic mass is 16.7. The largest absolute Gasteiger partial charge is 0.466 e. The van der Waals surface area contributed by atoms with Crippen molar-refractivity contribution in [3.8, 4) is 0 Å². The van der Waals surface area contributed by atoms with Crippen LogP contribution in [-0.4, -0.2) is 32.1 Å². The lowest BCUT2D eigenvalue weighted by molar-refractivity contribution is -0.159. The molecular formula is C10H18O4. The number of hydrogen-bond donors (Lipinski definition) is 0. The maximum atomic E-state index is 11.5. The van der Waals surface area contributed by atoms with Gasteiger partial charge in [-0.3, -0.25) is 4.79 Å². The summed E-state index contributed by atoms with van der Waals surface area (Å²) in [6.07, 6.45) is 0.292. The fourth-order valence-corrected chi connectivity index (χ4v) is 1.35. The van der Waals surface area contributed by atoms with Crippen molar-refractivity contribution in [1.29, 1.82) is 0 Å². The number of carbonyl (C=O) groups excluding carboxylic acids is 1. The Kier molecular flexibility index (Phi) is 3.89. The number of esters is 1. The lowest BCUT2D eigenvalue weighted by Gasteiger charge is -2.24. The lowest BCUT2D eigenvalue weighted by Crippen LogP contribution is -2.31. The summed E-state index contributed by atoms with van der Waals surface area (Å²) >= 11 is 0. The summed E-state index contributed by atoms with van der Waals surface area (Å²) in [6.45, 7) is 7.13. The molecule has 1 fully saturated rings. The molecule has 4 heteroatoms. The first-order chi connectivity index (χ1) is 6.56. The van der Waals surface area contributed by atoms with Crippen LogP contribution >= 0.6 is 0 Å². The van der Waals surface area contributed by atoms with Gasteiger partial charge in [0.25, 0.3) is 0 Å². The molecule has 1 heterocycles. The molecule has 0 amide bonds. The first kappa shape index (κ1) is 11.5. The third kappa shape index (κ3) is 2.96. The molecule has 0 atom stereocenters. The van der Waals surface area contributed by atoms with Crippen LogP contribution in [0, 0.1) is 5.41 Å². The van der Waals surface area contributed by atoms with E-state index >= 15 is 0 Å². The Morgan fingerprint density at radius 3 is 2.50 bits per heavy atom. The quantitative estimate of drug-likeness (QED) is 0.645. The smallest absolute Gasteiger partial charge is 0.311 e. The van der Waals surface area contributed by atoms with Crippen LogP contribution in [0.2, 0.25) is 0 Å². The van der Waals surface area contributed by atoms with E-state index in [1.165, 1.54) is 0 Å². The molecule has 0 aliphatic carbocycles. The van der Waals surface area contributed by atoms with Crippen molar-refractivity contribution < 1.29 is 19.0 Å². The monoisotopic (exact) mass is 202 g/mol. The molecule has 1 saturated heterocycles. The summed E-state index contributed by atoms with van der Waals surface area (Å²) in [6, 6.07) is 0. The molecule has 0 N–H and O–H groups in total. The summed E-state index contributed by atoms with van der Waals surface area (Å²) in [5.74, 6) is -0.195. The molecule has 14 heavy (non-hydrogen) atoms. The fraction of sp³-hybridized carbons (Fsp3) is 0.900. The van der Waals surface area contributed by atoms with Crippen LogP contribution in [-0.2, 0) is 19.0 Å². The van der Waals surface area contributed by atoms with Gasteiger partial charge >= 0.3 is 5.97 Å². The molecule has 1 aliphatic rings. The van der Waals surface area contributed by atoms with E-state index < -0.39 is 5.41 Å². The van der Waals surface area contributed by atoms with Gasteiger partial charge in [0.2, 0.25) is 0 Å². The molecule has 4 nitrogen and oxygen atoms in total. The molecule has 0 bridgehead atoms. The Morgan fingerprint density at radius 2 is 2.00 bits per heavy atom. The van der Waals surface area contributed by atoms with Gasteiger partial charge < -0.3 is 14.2 Å². The molecule has 0 radical (unpaired) electrons. The minimum Gasteiger partial charge on any atom is -0.466 e. The fourth-order valence-electron chi connectivity index (χ4n) is 1.35. The third-order valence-corrected chi connectivity index (χ3v) is 2.20. The van der Waals surface area contributed by atoms with Crippen LogP contribution in [0.25, 0.3) is 0 Å². The zero-order valence-electron chi connectivity index (χ0n) is 9.04. The van der Waals surface area contributed by atoms with E-state index in [4.69, 9.17) is 14.2 Å². The van der Waals surface area contributed by atoms with E-state index in [0.29, 0.717) is 26.2 Å². The first-order valence-corrected chi connectivity index (χ1v) is 4.96. The van der Waals surface area contributed by atoms with Gasteiger partial charge in [0.15, 0.2) is 6.29 Å². The maximum absolute atomic E-state index is 11.5. The predicted octanol–water partition coefficient (Wildman–Crippen LogP) is 1.34. The second-order valence-electron chi connectivity index (χ2n) is 3.98. The van der Waals surface area contributed by atoms with Crippen molar-refractivity contribution in [1.82, 2.24) is 0 Å². The molecule has 82 valence electrons. The zero-order chi connectivity index (χ0) is 10.6. The molecule has 1 aliphatic heterocycles. The summed E-state index contributed by atoms with van der Waals surface area (Å²) in [5.41, 5.74) is -0.537. The first-order valence-electron chi connectivity index (χ1n) is 4.96. The van der Waals surface area contributed by atoms with Gasteiger partial charge in [-0.25, -0.2) is 0 Å². The molecule has 0 aromatic heterocycles. The Balaban J connectivity index is 2.42. The zero-order valence-corrected chi connectivity index (χ0v) is 9.04. The average molecular weight is 202 g/mol. The van der Waals surface area contributed by atoms with Crippen molar-refractivity contribution in [3.05, 3.63) is 0 Å². The van der Waals surface area contributed by atoms with Gasteiger partial charge in [-0.1, -0.05) is 0 Å². The van der Waals surface area contributed by atoms with E-state index in [1.54, 1.807) is 6.92 Å². The standard InChI is InChI=1S/C10H18O4/c1-4-12-9(11)10(2,3)7-8-13-5-6-14-8/h8H,4-7H2,1-3H3. The van der Waals surface area contributed by atoms with E-state index in [0.717, 1.165) is 0 Å². The van der Waals surface area contributed by atoms with Gasteiger partial charge in [-0.2, -0.15) is 0 Å². The molecule has 0 aromatic carbocycles. The number of rotatable bonds is 4. The van der Waals surface area contributed by atoms with Gasteiger partial charge in [0.1, 0.15) is 0 Å². The SMILES string of the molecule is CCOC(=O)C(C)(C)CC1OCCO1. The molecule has 0 saturated carbocycles. The van der Waals surface area contributed by atoms with Crippen LogP contribution < -0.4 is 0 Å². The molecule has 0 spiro atoms. The van der Waals surface area contributed by atoms with Crippen LogP contribution in [0.4, 0.5) is 0 Å². The summed E-state index contributed by atoms with van der Waals surface area (Å²) in [4.78, 5) is 11.5. The van der Waals surface area contributed by atoms with Crippen molar-refractivity contribution in [3.63, 3.8) is 0 Å². The van der Waals surface area contributed by atoms with Crippen LogP contribution in [0.1, 0.15) is 27.2 Å². The van der Waals surface area contributed by atoms with Gasteiger partial charge in [-0.15, -0.1) is 0 Å². The summed E-state index contributed by atoms with van der Waals surface area (Å²) < 4.78 is 15.5. The van der Waals surface area contributed by atoms with E-state index in [1.807, 2.05) is 13.8 Å². The lowest BCUT2D eigenvalue weighted by atomic mass is 9.89. The van der Waals surface area contributed by atoms with Crippen molar-refractivity contribution in [2.45, 2.75) is 33.5 Å². The van der Waals surface area contributed by atoms with E-state index in [9.17, 15) is 4.79 Å². The van der Waals surface area contributed by atoms with E-state index in [-0.39, 0.29) is 12.3 Å². The molecule has 0 aromatic rings. The summed E-state index contributed by atoms with van der Waals surface area (Å²) in [7, 11) is 0. The molecular weight excluding hydrogens is 184 g/mol. The van der Waals surface area contributed by atoms with Crippen molar-refractivity contribution in [2.24, 2.45) is 5.41 Å². The highest BCUT2D eigenvalue weighted by Gasteiger charge is 2.34.